The summed E-state index contributed by atoms with van der Waals surface area (Å²) in [4.78, 5) is 33.6. The summed E-state index contributed by atoms with van der Waals surface area (Å²) in [6.45, 7) is 1.92. The zero-order valence-electron chi connectivity index (χ0n) is 17.8. The second-order valence-corrected chi connectivity index (χ2v) is 8.71. The number of hydroxylamine groups is 1. The van der Waals surface area contributed by atoms with E-state index < -0.39 is 41.6 Å². The number of hydrogen-bond donors (Lipinski definition) is 0. The number of carbonyl (C=O) groups excluding carboxylic acids is 2. The number of amides is 2. The molecular weight excluding hydrogens is 469 g/mol. The van der Waals surface area contributed by atoms with Crippen molar-refractivity contribution in [3.63, 3.8) is 0 Å². The molecule has 0 saturated carbocycles. The summed E-state index contributed by atoms with van der Waals surface area (Å²) in [6, 6.07) is 17.7. The summed E-state index contributed by atoms with van der Waals surface area (Å²) in [6.07, 6.45) is -5.78. The molecule has 0 radical (unpaired) electrons. The molecule has 0 bridgehead atoms. The number of rotatable bonds is 3. The summed E-state index contributed by atoms with van der Waals surface area (Å²) in [7, 11) is 0. The molecule has 2 aliphatic rings. The van der Waals surface area contributed by atoms with E-state index in [1.165, 1.54) is 17.2 Å². The Bertz CT molecular complexity index is 1260. The first-order chi connectivity index (χ1) is 16.1. The molecule has 3 aromatic rings. The lowest BCUT2D eigenvalue weighted by atomic mass is 9.90. The quantitative estimate of drug-likeness (QED) is 0.444. The monoisotopic (exact) mass is 486 g/mol. The largest absolute Gasteiger partial charge is 0.416 e. The van der Waals surface area contributed by atoms with Gasteiger partial charge in [0, 0.05) is 5.02 Å². The number of anilines is 2. The van der Waals surface area contributed by atoms with E-state index in [0.29, 0.717) is 10.7 Å². The van der Waals surface area contributed by atoms with E-state index in [4.69, 9.17) is 16.4 Å². The molecule has 2 aliphatic heterocycles. The predicted molar refractivity (Wildman–Crippen MR) is 120 cm³/mol. The van der Waals surface area contributed by atoms with Gasteiger partial charge in [-0.1, -0.05) is 47.5 Å². The molecule has 0 aliphatic carbocycles. The first kappa shape index (κ1) is 22.4. The van der Waals surface area contributed by atoms with Crippen LogP contribution in [0.5, 0.6) is 0 Å². The molecular formula is C25H18ClF3N2O3. The molecule has 2 saturated heterocycles. The minimum absolute atomic E-state index is 0.136. The summed E-state index contributed by atoms with van der Waals surface area (Å²) in [5.41, 5.74) is 1.26. The fourth-order valence-corrected chi connectivity index (χ4v) is 4.53. The molecule has 0 unspecified atom stereocenters. The van der Waals surface area contributed by atoms with Crippen LogP contribution in [0.25, 0.3) is 0 Å². The molecule has 2 heterocycles. The Hall–Kier alpha value is -3.36. The van der Waals surface area contributed by atoms with Gasteiger partial charge in [-0.05, 0) is 55.0 Å². The van der Waals surface area contributed by atoms with E-state index in [2.05, 4.69) is 0 Å². The number of fused-ring (bicyclic) bond motifs is 1. The van der Waals surface area contributed by atoms with Crippen LogP contribution in [0, 0.1) is 12.8 Å². The van der Waals surface area contributed by atoms with Gasteiger partial charge in [0.15, 0.2) is 6.10 Å². The highest BCUT2D eigenvalue weighted by Gasteiger charge is 2.60. The van der Waals surface area contributed by atoms with Crippen molar-refractivity contribution in [2.24, 2.45) is 5.92 Å². The van der Waals surface area contributed by atoms with Crippen molar-refractivity contribution >= 4 is 34.8 Å². The number of carbonyl (C=O) groups is 2. The van der Waals surface area contributed by atoms with Crippen LogP contribution in [0.15, 0.2) is 72.8 Å². The van der Waals surface area contributed by atoms with E-state index in [-0.39, 0.29) is 5.69 Å². The average Bonchev–Trinajstić information content (AvgIpc) is 3.30. The summed E-state index contributed by atoms with van der Waals surface area (Å²) in [5.74, 6) is -2.26. The normalized spacial score (nSPS) is 22.4. The Morgan fingerprint density at radius 3 is 2.21 bits per heavy atom. The zero-order valence-corrected chi connectivity index (χ0v) is 18.5. The van der Waals surface area contributed by atoms with Crippen LogP contribution >= 0.6 is 11.6 Å². The highest BCUT2D eigenvalue weighted by Crippen LogP contribution is 2.48. The minimum Gasteiger partial charge on any atom is -0.273 e. The fourth-order valence-electron chi connectivity index (χ4n) is 4.40. The Labute approximate surface area is 198 Å². The van der Waals surface area contributed by atoms with E-state index in [9.17, 15) is 22.8 Å². The van der Waals surface area contributed by atoms with E-state index in [1.54, 1.807) is 24.3 Å². The van der Waals surface area contributed by atoms with Crippen molar-refractivity contribution in [3.8, 4) is 0 Å². The lowest BCUT2D eigenvalue weighted by Crippen LogP contribution is -2.37. The molecule has 2 fully saturated rings. The average molecular weight is 487 g/mol. The van der Waals surface area contributed by atoms with Crippen LogP contribution in [0.4, 0.5) is 24.5 Å². The van der Waals surface area contributed by atoms with Crippen molar-refractivity contribution < 1.29 is 27.6 Å². The minimum atomic E-state index is -4.61. The Balaban J connectivity index is 1.57. The standard InChI is InChI=1S/C25H18ClF3N2O3/c1-14-5-7-15(8-6-14)21-20-22(34-31(21)18-11-9-17(26)10-12-18)24(33)30(23(20)32)19-4-2-3-16(13-19)25(27,28)29/h2-13,20-22H,1H3/t20-,21-,22-/m1/s1. The van der Waals surface area contributed by atoms with E-state index in [1.807, 2.05) is 31.2 Å². The van der Waals surface area contributed by atoms with Gasteiger partial charge in [0.05, 0.1) is 23.0 Å². The van der Waals surface area contributed by atoms with Gasteiger partial charge in [-0.2, -0.15) is 13.2 Å². The molecule has 9 heteroatoms. The smallest absolute Gasteiger partial charge is 0.273 e. The number of alkyl halides is 3. The highest BCUT2D eigenvalue weighted by atomic mass is 35.5. The van der Waals surface area contributed by atoms with Gasteiger partial charge in [0.2, 0.25) is 5.91 Å². The molecule has 2 amide bonds. The predicted octanol–water partition coefficient (Wildman–Crippen LogP) is 5.72. The van der Waals surface area contributed by atoms with Gasteiger partial charge >= 0.3 is 6.18 Å². The van der Waals surface area contributed by atoms with Gasteiger partial charge in [-0.15, -0.1) is 0 Å². The Morgan fingerprint density at radius 1 is 0.882 bits per heavy atom. The number of benzene rings is 3. The van der Waals surface area contributed by atoms with Crippen molar-refractivity contribution in [3.05, 3.63) is 94.5 Å². The maximum atomic E-state index is 13.5. The molecule has 5 nitrogen and oxygen atoms in total. The zero-order chi connectivity index (χ0) is 24.2. The molecule has 0 N–H and O–H groups in total. The molecule has 0 aromatic heterocycles. The molecule has 3 aromatic carbocycles. The lowest BCUT2D eigenvalue weighted by molar-refractivity contribution is -0.137. The number of halogens is 4. The van der Waals surface area contributed by atoms with Crippen LogP contribution in [-0.2, 0) is 20.6 Å². The summed E-state index contributed by atoms with van der Waals surface area (Å²) < 4.78 is 39.7. The molecule has 34 heavy (non-hydrogen) atoms. The van der Waals surface area contributed by atoms with Gasteiger partial charge < -0.3 is 0 Å². The molecule has 0 spiro atoms. The third-order valence-electron chi connectivity index (χ3n) is 6.05. The molecule has 3 atom stereocenters. The maximum absolute atomic E-state index is 13.5. The Morgan fingerprint density at radius 2 is 1.56 bits per heavy atom. The van der Waals surface area contributed by atoms with Gasteiger partial charge in [-0.25, -0.2) is 9.96 Å². The number of imide groups is 1. The van der Waals surface area contributed by atoms with Crippen LogP contribution in [-0.4, -0.2) is 17.9 Å². The van der Waals surface area contributed by atoms with Gasteiger partial charge in [0.1, 0.15) is 5.92 Å². The molecule has 5 rings (SSSR count). The van der Waals surface area contributed by atoms with Crippen molar-refractivity contribution in [2.45, 2.75) is 25.2 Å². The SMILES string of the molecule is Cc1ccc([C@@H]2[C@H]3C(=O)N(c4cccc(C(F)(F)F)c4)C(=O)[C@@H]3ON2c2ccc(Cl)cc2)cc1. The van der Waals surface area contributed by atoms with E-state index >= 15 is 0 Å². The van der Waals surface area contributed by atoms with Crippen LogP contribution in [0.2, 0.25) is 5.02 Å². The fraction of sp³-hybridized carbons (Fsp3) is 0.200. The second-order valence-electron chi connectivity index (χ2n) is 8.27. The first-order valence-electron chi connectivity index (χ1n) is 10.5. The van der Waals surface area contributed by atoms with Gasteiger partial charge in [0.25, 0.3) is 5.91 Å². The summed E-state index contributed by atoms with van der Waals surface area (Å²) >= 11 is 6.01. The van der Waals surface area contributed by atoms with Crippen LogP contribution < -0.4 is 9.96 Å². The topological polar surface area (TPSA) is 49.9 Å². The third kappa shape index (κ3) is 3.73. The number of hydrogen-bond acceptors (Lipinski definition) is 4. The number of aryl methyl sites for hydroxylation is 1. The Kier molecular flexibility index (Phi) is 5.37. The van der Waals surface area contributed by atoms with Crippen LogP contribution in [0.3, 0.4) is 0 Å². The lowest BCUT2D eigenvalue weighted by Gasteiger charge is -2.29. The number of nitrogens with zero attached hydrogens (tertiary/aromatic N) is 2. The first-order valence-corrected chi connectivity index (χ1v) is 10.9. The van der Waals surface area contributed by atoms with Crippen molar-refractivity contribution in [1.29, 1.82) is 0 Å². The highest BCUT2D eigenvalue weighted by molar-refractivity contribution is 6.30. The van der Waals surface area contributed by atoms with Crippen molar-refractivity contribution in [1.82, 2.24) is 0 Å². The second kappa shape index (κ2) is 8.14. The summed E-state index contributed by atoms with van der Waals surface area (Å²) in [5, 5.41) is 2.02. The van der Waals surface area contributed by atoms with Gasteiger partial charge in [-0.3, -0.25) is 14.4 Å². The van der Waals surface area contributed by atoms with Crippen molar-refractivity contribution in [2.75, 3.05) is 9.96 Å². The maximum Gasteiger partial charge on any atom is 0.416 e. The molecule has 174 valence electrons. The van der Waals surface area contributed by atoms with E-state index in [0.717, 1.165) is 28.2 Å². The third-order valence-corrected chi connectivity index (χ3v) is 6.30. The van der Waals surface area contributed by atoms with Crippen LogP contribution in [0.1, 0.15) is 22.7 Å².